The van der Waals surface area contributed by atoms with Gasteiger partial charge in [0.15, 0.2) is 5.60 Å². The first-order valence-corrected chi connectivity index (χ1v) is 21.6. The van der Waals surface area contributed by atoms with Gasteiger partial charge in [0, 0.05) is 90.6 Å². The second-order valence-electron chi connectivity index (χ2n) is 18.7. The number of carbonyl (C=O) groups excluding carboxylic acids is 2. The number of hydrogen-bond acceptors (Lipinski definition) is 11. The highest BCUT2D eigenvalue weighted by Crippen LogP contribution is 2.67. The molecule has 59 heavy (non-hydrogen) atoms. The minimum atomic E-state index is -2.31. The molecule has 6 aliphatic rings. The predicted molar refractivity (Wildman–Crippen MR) is 224 cm³/mol. The molecule has 5 aliphatic heterocycles. The number of aromatic amines is 1. The van der Waals surface area contributed by atoms with Gasteiger partial charge < -0.3 is 45.1 Å². The smallest absolute Gasteiger partial charge is 0.322 e. The number of likely N-dealkylation sites (N-methyl/N-ethyl adjacent to an activating group) is 1. The van der Waals surface area contributed by atoms with Gasteiger partial charge in [-0.3, -0.25) is 19.4 Å². The Morgan fingerprint density at radius 1 is 1.05 bits per heavy atom. The molecule has 1 aliphatic carbocycles. The zero-order valence-corrected chi connectivity index (χ0v) is 35.3. The van der Waals surface area contributed by atoms with Gasteiger partial charge in [0.2, 0.25) is 0 Å². The number of methoxy groups -OCH3 is 2. The lowest BCUT2D eigenvalue weighted by atomic mass is 9.47. The lowest BCUT2D eigenvalue weighted by Gasteiger charge is -2.63. The molecular weight excluding hydrogens is 751 g/mol. The van der Waals surface area contributed by atoms with Gasteiger partial charge >= 0.3 is 5.97 Å². The number of anilines is 1. The molecule has 3 fully saturated rings. The molecule has 2 aromatic carbocycles. The third-order valence-electron chi connectivity index (χ3n) is 15.8. The Morgan fingerprint density at radius 2 is 1.83 bits per heavy atom. The van der Waals surface area contributed by atoms with Crippen LogP contribution in [-0.4, -0.2) is 143 Å². The number of aliphatic hydroxyl groups excluding tert-OH is 2. The maximum atomic E-state index is 15.3. The van der Waals surface area contributed by atoms with E-state index in [4.69, 9.17) is 9.47 Å². The number of benzene rings is 2. The monoisotopic (exact) mass is 811 g/mol. The Morgan fingerprint density at radius 3 is 2.54 bits per heavy atom. The van der Waals surface area contributed by atoms with Crippen molar-refractivity contribution in [2.24, 2.45) is 11.3 Å². The van der Waals surface area contributed by atoms with Gasteiger partial charge in [-0.05, 0) is 81.2 Å². The Labute approximate surface area is 346 Å². The summed E-state index contributed by atoms with van der Waals surface area (Å²) in [6, 6.07) is 11.0. The lowest BCUT2D eigenvalue weighted by Crippen LogP contribution is -2.81. The molecule has 6 heterocycles. The summed E-state index contributed by atoms with van der Waals surface area (Å²) in [5.74, 6) is -0.808. The van der Waals surface area contributed by atoms with Gasteiger partial charge in [0.1, 0.15) is 17.3 Å². The van der Waals surface area contributed by atoms with Gasteiger partial charge in [-0.15, -0.1) is 0 Å². The van der Waals surface area contributed by atoms with Gasteiger partial charge in [-0.2, -0.15) is 0 Å². The summed E-state index contributed by atoms with van der Waals surface area (Å²) < 4.78 is 12.3. The molecule has 3 aromatic rings. The number of piperidine rings is 1. The summed E-state index contributed by atoms with van der Waals surface area (Å²) in [5, 5.41) is 51.9. The van der Waals surface area contributed by atoms with Crippen molar-refractivity contribution in [1.82, 2.24) is 20.1 Å². The number of rotatable bonds is 8. The highest BCUT2D eigenvalue weighted by atomic mass is 16.5. The second-order valence-corrected chi connectivity index (χ2v) is 18.7. The van der Waals surface area contributed by atoms with Crippen molar-refractivity contribution in [3.63, 3.8) is 0 Å². The van der Waals surface area contributed by atoms with E-state index in [-0.39, 0.29) is 18.5 Å². The molecule has 2 saturated heterocycles. The van der Waals surface area contributed by atoms with Crippen molar-refractivity contribution in [3.05, 3.63) is 70.9 Å². The minimum absolute atomic E-state index is 0.0903. The third-order valence-corrected chi connectivity index (χ3v) is 15.8. The van der Waals surface area contributed by atoms with Crippen LogP contribution in [0.3, 0.4) is 0 Å². The number of nitrogens with zero attached hydrogens (tertiary/aromatic N) is 3. The van der Waals surface area contributed by atoms with E-state index in [1.807, 2.05) is 62.2 Å². The van der Waals surface area contributed by atoms with Crippen LogP contribution in [0.2, 0.25) is 0 Å². The number of esters is 1. The average Bonchev–Trinajstić information content (AvgIpc) is 3.89. The van der Waals surface area contributed by atoms with Gasteiger partial charge in [-0.25, -0.2) is 0 Å². The Bertz CT molecular complexity index is 2210. The van der Waals surface area contributed by atoms with Gasteiger partial charge in [0.05, 0.1) is 32.0 Å². The normalized spacial score (nSPS) is 37.7. The molecular formula is C46H61N5O8. The molecule has 3 unspecified atom stereocenters. The first-order valence-electron chi connectivity index (χ1n) is 21.6. The molecule has 2 bridgehead atoms. The van der Waals surface area contributed by atoms with Crippen LogP contribution in [0.25, 0.3) is 10.9 Å². The largest absolute Gasteiger partial charge is 0.496 e. The molecule has 9 rings (SSSR count). The van der Waals surface area contributed by atoms with Crippen LogP contribution in [-0.2, 0) is 31.6 Å². The average molecular weight is 812 g/mol. The van der Waals surface area contributed by atoms with Crippen LogP contribution in [0.5, 0.6) is 5.75 Å². The standard InChI is InChI=1S/C46H61N5O8/c1-7-42(56)22-28-23-45(41(55)59-6,36-30(14-18-50(25-28)26-42)29-12-9-10-13-33(29)48-36)32-20-31-34(21-35(32)58-5)49(4)38-44(31)16-19-51-17-11-15-43(8-2,37(44)51)39(53)46(38,57)40(54)47-24-27(3)52/h9-13,15,20-21,27-28,37-39,48,52-53,56-57H,7-8,14,16-19,22-26H2,1-6H3,(H,47,54)/t27-,28-,37?,38?,39-,42?,43-,44-,45+,46+/m1/s1. The number of fused-ring (bicyclic) bond motifs is 6. The molecule has 1 spiro atoms. The van der Waals surface area contributed by atoms with Gasteiger partial charge in [0.25, 0.3) is 5.91 Å². The van der Waals surface area contributed by atoms with Crippen LogP contribution in [0, 0.1) is 11.3 Å². The number of H-pyrrole nitrogens is 1. The van der Waals surface area contributed by atoms with Crippen LogP contribution < -0.4 is 15.0 Å². The molecule has 13 heteroatoms. The summed E-state index contributed by atoms with van der Waals surface area (Å²) in [4.78, 5) is 40.3. The maximum absolute atomic E-state index is 15.3. The van der Waals surface area contributed by atoms with E-state index >= 15 is 4.79 Å². The maximum Gasteiger partial charge on any atom is 0.322 e. The van der Waals surface area contributed by atoms with E-state index in [0.29, 0.717) is 82.6 Å². The van der Waals surface area contributed by atoms with Crippen LogP contribution >= 0.6 is 0 Å². The summed E-state index contributed by atoms with van der Waals surface area (Å²) in [6.07, 6.45) is 4.83. The number of aromatic nitrogens is 1. The number of nitrogens with one attached hydrogen (secondary N) is 2. The first-order chi connectivity index (χ1) is 28.2. The summed E-state index contributed by atoms with van der Waals surface area (Å²) in [7, 11) is 4.90. The number of para-hydroxylation sites is 1. The van der Waals surface area contributed by atoms with E-state index in [9.17, 15) is 25.2 Å². The highest BCUT2D eigenvalue weighted by molar-refractivity contribution is 5.95. The van der Waals surface area contributed by atoms with Crippen LogP contribution in [0.15, 0.2) is 48.6 Å². The molecule has 11 atom stereocenters. The molecule has 1 saturated carbocycles. The van der Waals surface area contributed by atoms with Crippen molar-refractivity contribution < 1.29 is 39.5 Å². The van der Waals surface area contributed by atoms with Crippen molar-refractivity contribution in [1.29, 1.82) is 0 Å². The van der Waals surface area contributed by atoms with Crippen LogP contribution in [0.1, 0.15) is 75.3 Å². The van der Waals surface area contributed by atoms with E-state index in [0.717, 1.165) is 33.4 Å². The van der Waals surface area contributed by atoms with Gasteiger partial charge in [-0.1, -0.05) is 44.2 Å². The van der Waals surface area contributed by atoms with E-state index in [2.05, 4.69) is 32.2 Å². The summed E-state index contributed by atoms with van der Waals surface area (Å²) >= 11 is 0. The third kappa shape index (κ3) is 5.37. The molecule has 0 radical (unpaired) electrons. The number of amides is 1. The van der Waals surface area contributed by atoms with Crippen molar-refractivity contribution >= 4 is 28.5 Å². The van der Waals surface area contributed by atoms with Crippen molar-refractivity contribution in [2.45, 2.75) is 106 Å². The first kappa shape index (κ1) is 40.4. The Hall–Kier alpha value is -3.98. The van der Waals surface area contributed by atoms with Crippen molar-refractivity contribution in [3.8, 4) is 5.75 Å². The summed E-state index contributed by atoms with van der Waals surface area (Å²) in [5.41, 5.74) is -1.61. The number of hydrogen-bond donors (Lipinski definition) is 6. The van der Waals surface area contributed by atoms with E-state index < -0.39 is 57.6 Å². The second kappa shape index (κ2) is 14.0. The Balaban J connectivity index is 1.34. The fraction of sp³-hybridized carbons (Fsp3) is 0.609. The fourth-order valence-corrected chi connectivity index (χ4v) is 13.4. The molecule has 1 amide bonds. The number of carbonyl (C=O) groups is 2. The van der Waals surface area contributed by atoms with E-state index in [1.165, 1.54) is 7.11 Å². The summed E-state index contributed by atoms with van der Waals surface area (Å²) in [6.45, 7) is 8.81. The van der Waals surface area contributed by atoms with Crippen molar-refractivity contribution in [2.75, 3.05) is 65.4 Å². The molecule has 1 aromatic heterocycles. The number of aliphatic hydroxyl groups is 4. The fourth-order valence-electron chi connectivity index (χ4n) is 13.4. The zero-order valence-electron chi connectivity index (χ0n) is 35.3. The molecule has 13 nitrogen and oxygen atoms in total. The minimum Gasteiger partial charge on any atom is -0.496 e. The lowest BCUT2D eigenvalue weighted by molar-refractivity contribution is -0.203. The molecule has 318 valence electrons. The zero-order chi connectivity index (χ0) is 41.9. The SMILES string of the molecule is CCC1(O)C[C@H]2C[N@](CCc3c([nH]c4ccccc34)[C@@](C(=O)OC)(c3cc4c(cc3OC)N(C)C3[C@]45CCN4CC=C[C@](CC)(C45)[C@@H](O)[C@]3(O)C(=O)NC[C@@H](C)O)C2)C1. The molecule has 6 N–H and O–H groups in total. The quantitative estimate of drug-likeness (QED) is 0.146. The predicted octanol–water partition coefficient (Wildman–Crippen LogP) is 2.74. The number of ether oxygens (including phenoxy) is 2. The van der Waals surface area contributed by atoms with E-state index in [1.54, 1.807) is 14.0 Å². The topological polar surface area (TPSA) is 171 Å². The highest BCUT2D eigenvalue weighted by Gasteiger charge is 2.78. The van der Waals surface area contributed by atoms with Crippen LogP contribution in [0.4, 0.5) is 5.69 Å². The Kier molecular flexibility index (Phi) is 9.62.